The third kappa shape index (κ3) is 3.59. The first-order valence-electron chi connectivity index (χ1n) is 8.14. The highest BCUT2D eigenvalue weighted by molar-refractivity contribution is 7.17. The molecule has 0 unspecified atom stereocenters. The molecule has 3 aromatic rings. The van der Waals surface area contributed by atoms with Gasteiger partial charge in [0.15, 0.2) is 0 Å². The number of thiophene rings is 1. The van der Waals surface area contributed by atoms with Crippen LogP contribution in [0.1, 0.15) is 10.6 Å². The van der Waals surface area contributed by atoms with Crippen molar-refractivity contribution in [2.24, 2.45) is 0 Å². The third-order valence-electron chi connectivity index (χ3n) is 4.69. The Labute approximate surface area is 157 Å². The Morgan fingerprint density at radius 3 is 2.67 bits per heavy atom. The van der Waals surface area contributed by atoms with E-state index in [9.17, 15) is 0 Å². The second kappa shape index (κ2) is 7.83. The van der Waals surface area contributed by atoms with Crippen LogP contribution < -0.4 is 4.90 Å². The average molecular weight is 380 g/mol. The molecule has 3 heterocycles. The summed E-state index contributed by atoms with van der Waals surface area (Å²) in [5, 5.41) is 3.60. The molecule has 1 fully saturated rings. The van der Waals surface area contributed by atoms with Gasteiger partial charge in [-0.2, -0.15) is 0 Å². The van der Waals surface area contributed by atoms with E-state index < -0.39 is 0 Å². The van der Waals surface area contributed by atoms with Crippen LogP contribution in [0.3, 0.4) is 0 Å². The zero-order valence-electron chi connectivity index (χ0n) is 13.8. The Morgan fingerprint density at radius 1 is 1.08 bits per heavy atom. The fraction of sp³-hybridized carbons (Fsp3) is 0.389. The summed E-state index contributed by atoms with van der Waals surface area (Å²) in [7, 11) is 0. The maximum absolute atomic E-state index is 4.35. The molecule has 6 heteroatoms. The molecule has 0 spiro atoms. The molecule has 0 N–H and O–H groups in total. The van der Waals surface area contributed by atoms with Gasteiger partial charge in [0.25, 0.3) is 0 Å². The van der Waals surface area contributed by atoms with Gasteiger partial charge in [-0.1, -0.05) is 6.07 Å². The van der Waals surface area contributed by atoms with Crippen LogP contribution in [-0.4, -0.2) is 42.6 Å². The van der Waals surface area contributed by atoms with Crippen LogP contribution in [0.25, 0.3) is 10.1 Å². The van der Waals surface area contributed by atoms with Crippen LogP contribution >= 0.6 is 35.1 Å². The van der Waals surface area contributed by atoms with Crippen molar-refractivity contribution in [1.82, 2.24) is 9.88 Å². The van der Waals surface area contributed by atoms with E-state index in [1.165, 1.54) is 26.3 Å². The Morgan fingerprint density at radius 2 is 1.92 bits per heavy atom. The number of aromatic nitrogens is 1. The molecule has 0 aliphatic carbocycles. The first-order chi connectivity index (χ1) is 11.3. The summed E-state index contributed by atoms with van der Waals surface area (Å²) < 4.78 is 1.39. The molecule has 0 bridgehead atoms. The van der Waals surface area contributed by atoms with Crippen molar-refractivity contribution >= 4 is 50.9 Å². The van der Waals surface area contributed by atoms with Gasteiger partial charge in [0, 0.05) is 53.4 Å². The number of benzene rings is 1. The molecule has 24 heavy (non-hydrogen) atoms. The predicted molar refractivity (Wildman–Crippen MR) is 108 cm³/mol. The van der Waals surface area contributed by atoms with E-state index in [-0.39, 0.29) is 12.4 Å². The van der Waals surface area contributed by atoms with Gasteiger partial charge in [-0.05, 0) is 36.9 Å². The van der Waals surface area contributed by atoms with Gasteiger partial charge in [-0.15, -0.1) is 35.1 Å². The van der Waals surface area contributed by atoms with E-state index in [1.807, 2.05) is 16.8 Å². The van der Waals surface area contributed by atoms with Gasteiger partial charge < -0.3 is 4.90 Å². The number of anilines is 1. The quantitative estimate of drug-likeness (QED) is 0.667. The van der Waals surface area contributed by atoms with Gasteiger partial charge in [0.1, 0.15) is 0 Å². The third-order valence-corrected chi connectivity index (χ3v) is 6.56. The van der Waals surface area contributed by atoms with E-state index in [0.717, 1.165) is 39.1 Å². The number of thiazole rings is 1. The zero-order valence-corrected chi connectivity index (χ0v) is 16.2. The number of fused-ring (bicyclic) bond motifs is 1. The molecular formula is C18H22ClN3S2. The van der Waals surface area contributed by atoms with Gasteiger partial charge in [-0.3, -0.25) is 4.90 Å². The van der Waals surface area contributed by atoms with Crippen molar-refractivity contribution in [2.45, 2.75) is 13.3 Å². The van der Waals surface area contributed by atoms with Crippen molar-refractivity contribution in [3.63, 3.8) is 0 Å². The number of hydrogen-bond acceptors (Lipinski definition) is 5. The summed E-state index contributed by atoms with van der Waals surface area (Å²) in [6.45, 7) is 7.81. The van der Waals surface area contributed by atoms with Gasteiger partial charge in [0.2, 0.25) is 0 Å². The van der Waals surface area contributed by atoms with Crippen LogP contribution in [0.15, 0.2) is 35.2 Å². The summed E-state index contributed by atoms with van der Waals surface area (Å²) in [4.78, 5) is 10.9. The molecule has 0 amide bonds. The standard InChI is InChI=1S/C18H21N3S2.ClH/c1-14-17(23-13-19-14)5-7-20-8-10-21(11-9-20)16-3-2-4-18-15(16)6-12-22-18;/h2-4,6,12-13H,5,7-11H2,1H3;1H. The van der Waals surface area contributed by atoms with Gasteiger partial charge in [0.05, 0.1) is 11.2 Å². The Hall–Kier alpha value is -1.14. The molecule has 2 aromatic heterocycles. The molecule has 128 valence electrons. The molecule has 1 saturated heterocycles. The largest absolute Gasteiger partial charge is 0.368 e. The summed E-state index contributed by atoms with van der Waals surface area (Å²) in [5.41, 5.74) is 4.57. The fourth-order valence-corrected chi connectivity index (χ4v) is 4.87. The summed E-state index contributed by atoms with van der Waals surface area (Å²) in [6.07, 6.45) is 1.14. The minimum absolute atomic E-state index is 0. The lowest BCUT2D eigenvalue weighted by Crippen LogP contribution is -2.47. The fourth-order valence-electron chi connectivity index (χ4n) is 3.29. The Bertz CT molecular complexity index is 790. The van der Waals surface area contributed by atoms with E-state index in [4.69, 9.17) is 0 Å². The number of rotatable bonds is 4. The molecule has 1 aliphatic rings. The zero-order chi connectivity index (χ0) is 15.6. The van der Waals surface area contributed by atoms with Gasteiger partial charge >= 0.3 is 0 Å². The van der Waals surface area contributed by atoms with Crippen LogP contribution in [0.4, 0.5) is 5.69 Å². The van der Waals surface area contributed by atoms with E-state index in [0.29, 0.717) is 0 Å². The molecular weight excluding hydrogens is 358 g/mol. The van der Waals surface area contributed by atoms with Crippen LogP contribution in [0.2, 0.25) is 0 Å². The average Bonchev–Trinajstić information content (AvgIpc) is 3.22. The number of halogens is 1. The maximum Gasteiger partial charge on any atom is 0.0797 e. The van der Waals surface area contributed by atoms with Crippen molar-refractivity contribution in [2.75, 3.05) is 37.6 Å². The molecule has 0 saturated carbocycles. The van der Waals surface area contributed by atoms with Crippen LogP contribution in [0, 0.1) is 6.92 Å². The van der Waals surface area contributed by atoms with E-state index >= 15 is 0 Å². The molecule has 0 atom stereocenters. The molecule has 1 aromatic carbocycles. The molecule has 0 radical (unpaired) electrons. The lowest BCUT2D eigenvalue weighted by Gasteiger charge is -2.36. The topological polar surface area (TPSA) is 19.4 Å². The van der Waals surface area contributed by atoms with Crippen molar-refractivity contribution < 1.29 is 0 Å². The second-order valence-corrected chi connectivity index (χ2v) is 7.94. The first kappa shape index (κ1) is 17.7. The minimum Gasteiger partial charge on any atom is -0.368 e. The molecule has 3 nitrogen and oxygen atoms in total. The second-order valence-electron chi connectivity index (χ2n) is 6.05. The number of piperazine rings is 1. The van der Waals surface area contributed by atoms with Crippen molar-refractivity contribution in [3.8, 4) is 0 Å². The Kier molecular flexibility index (Phi) is 5.76. The lowest BCUT2D eigenvalue weighted by atomic mass is 10.2. The lowest BCUT2D eigenvalue weighted by molar-refractivity contribution is 0.261. The van der Waals surface area contributed by atoms with Crippen LogP contribution in [0.5, 0.6) is 0 Å². The van der Waals surface area contributed by atoms with Gasteiger partial charge in [-0.25, -0.2) is 4.98 Å². The predicted octanol–water partition coefficient (Wildman–Crippen LogP) is 4.45. The van der Waals surface area contributed by atoms with Crippen LogP contribution in [-0.2, 0) is 6.42 Å². The van der Waals surface area contributed by atoms with Crippen molar-refractivity contribution in [1.29, 1.82) is 0 Å². The maximum atomic E-state index is 4.35. The molecule has 1 aliphatic heterocycles. The summed E-state index contributed by atoms with van der Waals surface area (Å²) >= 11 is 3.62. The summed E-state index contributed by atoms with van der Waals surface area (Å²) in [5.74, 6) is 0. The van der Waals surface area contributed by atoms with Crippen molar-refractivity contribution in [3.05, 3.63) is 45.7 Å². The Balaban J connectivity index is 0.00000169. The first-order valence-corrected chi connectivity index (χ1v) is 9.90. The van der Waals surface area contributed by atoms with E-state index in [2.05, 4.69) is 51.4 Å². The highest BCUT2D eigenvalue weighted by Gasteiger charge is 2.19. The smallest absolute Gasteiger partial charge is 0.0797 e. The van der Waals surface area contributed by atoms with E-state index in [1.54, 1.807) is 11.3 Å². The number of aryl methyl sites for hydroxylation is 1. The molecule has 4 rings (SSSR count). The highest BCUT2D eigenvalue weighted by atomic mass is 35.5. The normalized spacial score (nSPS) is 15.6. The monoisotopic (exact) mass is 379 g/mol. The highest BCUT2D eigenvalue weighted by Crippen LogP contribution is 2.31. The SMILES string of the molecule is Cc1ncsc1CCN1CCN(c2cccc3sccc23)CC1.Cl. The summed E-state index contributed by atoms with van der Waals surface area (Å²) in [6, 6.07) is 8.93. The number of hydrogen-bond donors (Lipinski definition) is 0. The minimum atomic E-state index is 0. The number of nitrogens with zero attached hydrogens (tertiary/aromatic N) is 3.